The Labute approximate surface area is 178 Å². The lowest BCUT2D eigenvalue weighted by Gasteiger charge is -2.47. The molecule has 6 heteroatoms. The molecule has 2 amide bonds. The predicted octanol–water partition coefficient (Wildman–Crippen LogP) is 3.52. The van der Waals surface area contributed by atoms with Gasteiger partial charge in [0.15, 0.2) is 6.29 Å². The standard InChI is InChI=1S/C24H32N4O2/c1-3-27(4-2)24(30)25-16-10-18-17-6-5-7-20-23(17)19(21(14-29)26-20)11-22(18)28(13-16)12-15-8-9-15/h5-7,14-16,18,22,26H,3-4,8-13H2,1-2H3,(H,25,30)/t16-,18+,22+/m0/s1. The number of nitrogens with one attached hydrogen (secondary N) is 2. The topological polar surface area (TPSA) is 68.4 Å². The van der Waals surface area contributed by atoms with Gasteiger partial charge in [-0.1, -0.05) is 12.1 Å². The van der Waals surface area contributed by atoms with E-state index in [1.807, 2.05) is 18.7 Å². The van der Waals surface area contributed by atoms with Crippen molar-refractivity contribution in [2.45, 2.75) is 57.5 Å². The summed E-state index contributed by atoms with van der Waals surface area (Å²) in [5, 5.41) is 4.57. The van der Waals surface area contributed by atoms with E-state index in [9.17, 15) is 9.59 Å². The first kappa shape index (κ1) is 19.6. The maximum absolute atomic E-state index is 12.8. The van der Waals surface area contributed by atoms with E-state index < -0.39 is 0 Å². The molecular formula is C24H32N4O2. The molecule has 3 aliphatic rings. The minimum atomic E-state index is 0.0504. The Morgan fingerprint density at radius 2 is 2.10 bits per heavy atom. The average Bonchev–Trinajstić information content (AvgIpc) is 3.49. The van der Waals surface area contributed by atoms with Crippen LogP contribution in [-0.4, -0.2) is 65.4 Å². The summed E-state index contributed by atoms with van der Waals surface area (Å²) in [4.78, 5) is 32.3. The van der Waals surface area contributed by atoms with Gasteiger partial charge in [0, 0.05) is 55.1 Å². The van der Waals surface area contributed by atoms with Gasteiger partial charge in [-0.3, -0.25) is 9.69 Å². The summed E-state index contributed by atoms with van der Waals surface area (Å²) in [5.41, 5.74) is 4.32. The van der Waals surface area contributed by atoms with Crippen molar-refractivity contribution in [1.82, 2.24) is 20.1 Å². The Kier molecular flexibility index (Phi) is 5.05. The van der Waals surface area contributed by atoms with Crippen LogP contribution in [0.2, 0.25) is 0 Å². The summed E-state index contributed by atoms with van der Waals surface area (Å²) >= 11 is 0. The maximum atomic E-state index is 12.8. The zero-order chi connectivity index (χ0) is 20.8. The summed E-state index contributed by atoms with van der Waals surface area (Å²) < 4.78 is 0. The van der Waals surface area contributed by atoms with Gasteiger partial charge >= 0.3 is 6.03 Å². The van der Waals surface area contributed by atoms with Crippen LogP contribution in [0.4, 0.5) is 4.79 Å². The third-order valence-electron chi connectivity index (χ3n) is 7.42. The third kappa shape index (κ3) is 3.31. The van der Waals surface area contributed by atoms with Crippen LogP contribution in [0.1, 0.15) is 60.6 Å². The van der Waals surface area contributed by atoms with Crippen molar-refractivity contribution in [3.63, 3.8) is 0 Å². The molecule has 1 aromatic heterocycles. The summed E-state index contributed by atoms with van der Waals surface area (Å²) in [5.74, 6) is 1.17. The van der Waals surface area contributed by atoms with Crippen molar-refractivity contribution in [3.05, 3.63) is 35.0 Å². The molecule has 2 aliphatic carbocycles. The lowest BCUT2D eigenvalue weighted by Crippen LogP contribution is -2.58. The van der Waals surface area contributed by atoms with Crippen LogP contribution < -0.4 is 5.32 Å². The van der Waals surface area contributed by atoms with Gasteiger partial charge in [-0.05, 0) is 62.6 Å². The van der Waals surface area contributed by atoms with Gasteiger partial charge < -0.3 is 15.2 Å². The summed E-state index contributed by atoms with van der Waals surface area (Å²) in [6.45, 7) is 7.51. The maximum Gasteiger partial charge on any atom is 0.317 e. The second kappa shape index (κ2) is 7.73. The van der Waals surface area contributed by atoms with Gasteiger partial charge in [-0.25, -0.2) is 4.79 Å². The SMILES string of the molecule is CCN(CC)C(=O)N[C@H]1C[C@@H]2c3cccc4[nH]c(C=O)c(c34)C[C@H]2N(CC2CC2)C1. The zero-order valence-electron chi connectivity index (χ0n) is 18.0. The average molecular weight is 409 g/mol. The number of aromatic nitrogens is 1. The molecule has 1 saturated carbocycles. The van der Waals surface area contributed by atoms with Crippen molar-refractivity contribution >= 4 is 23.2 Å². The minimum absolute atomic E-state index is 0.0504. The molecule has 2 fully saturated rings. The predicted molar refractivity (Wildman–Crippen MR) is 118 cm³/mol. The molecule has 2 aromatic rings. The molecule has 160 valence electrons. The fourth-order valence-electron chi connectivity index (χ4n) is 5.74. The monoisotopic (exact) mass is 408 g/mol. The van der Waals surface area contributed by atoms with Crippen LogP contribution in [0.25, 0.3) is 10.9 Å². The van der Waals surface area contributed by atoms with Crippen molar-refractivity contribution in [3.8, 4) is 0 Å². The summed E-state index contributed by atoms with van der Waals surface area (Å²) in [7, 11) is 0. The quantitative estimate of drug-likeness (QED) is 0.719. The molecule has 2 N–H and O–H groups in total. The van der Waals surface area contributed by atoms with E-state index in [4.69, 9.17) is 0 Å². The van der Waals surface area contributed by atoms with E-state index in [-0.39, 0.29) is 12.1 Å². The second-order valence-electron chi connectivity index (χ2n) is 9.23. The van der Waals surface area contributed by atoms with Gasteiger partial charge in [0.05, 0.1) is 5.69 Å². The molecule has 30 heavy (non-hydrogen) atoms. The Hall–Kier alpha value is -2.34. The van der Waals surface area contributed by atoms with Gasteiger partial charge in [0.1, 0.15) is 0 Å². The lowest BCUT2D eigenvalue weighted by molar-refractivity contribution is 0.0929. The molecule has 0 radical (unpaired) electrons. The number of aldehydes is 1. The van der Waals surface area contributed by atoms with Gasteiger partial charge in [-0.2, -0.15) is 0 Å². The molecule has 0 bridgehead atoms. The Morgan fingerprint density at radius 1 is 1.30 bits per heavy atom. The largest absolute Gasteiger partial charge is 0.352 e. The first-order valence-electron chi connectivity index (χ1n) is 11.5. The summed E-state index contributed by atoms with van der Waals surface area (Å²) in [6, 6.07) is 7.00. The number of hydrogen-bond acceptors (Lipinski definition) is 3. The molecule has 1 aromatic carbocycles. The molecule has 2 heterocycles. The summed E-state index contributed by atoms with van der Waals surface area (Å²) in [6.07, 6.45) is 5.47. The van der Waals surface area contributed by atoms with Gasteiger partial charge in [0.25, 0.3) is 0 Å². The van der Waals surface area contributed by atoms with E-state index in [0.29, 0.717) is 12.0 Å². The molecule has 0 unspecified atom stereocenters. The highest BCUT2D eigenvalue weighted by Gasteiger charge is 2.43. The van der Waals surface area contributed by atoms with Crippen molar-refractivity contribution < 1.29 is 9.59 Å². The zero-order valence-corrected chi connectivity index (χ0v) is 18.0. The smallest absolute Gasteiger partial charge is 0.317 e. The molecule has 1 aliphatic heterocycles. The van der Waals surface area contributed by atoms with Gasteiger partial charge in [0.2, 0.25) is 0 Å². The first-order chi connectivity index (χ1) is 14.6. The number of H-pyrrole nitrogens is 1. The number of amides is 2. The van der Waals surface area contributed by atoms with Crippen LogP contribution in [0, 0.1) is 5.92 Å². The molecular weight excluding hydrogens is 376 g/mol. The Bertz CT molecular complexity index is 960. The van der Waals surface area contributed by atoms with Crippen LogP contribution in [0.15, 0.2) is 18.2 Å². The van der Waals surface area contributed by atoms with E-state index in [1.165, 1.54) is 29.4 Å². The van der Waals surface area contributed by atoms with Crippen LogP contribution in [0.3, 0.4) is 0 Å². The fraction of sp³-hybridized carbons (Fsp3) is 0.583. The number of carbonyl (C=O) groups excluding carboxylic acids is 2. The number of fused-ring (bicyclic) bond motifs is 2. The highest BCUT2D eigenvalue weighted by atomic mass is 16.2. The van der Waals surface area contributed by atoms with Crippen molar-refractivity contribution in [2.75, 3.05) is 26.2 Å². The number of carbonyl (C=O) groups is 2. The number of benzene rings is 1. The molecule has 1 saturated heterocycles. The highest BCUT2D eigenvalue weighted by molar-refractivity contribution is 5.95. The van der Waals surface area contributed by atoms with E-state index in [2.05, 4.69) is 33.4 Å². The fourth-order valence-corrected chi connectivity index (χ4v) is 5.74. The number of nitrogens with zero attached hydrogens (tertiary/aromatic N) is 2. The highest BCUT2D eigenvalue weighted by Crippen LogP contribution is 2.45. The number of rotatable bonds is 6. The van der Waals surface area contributed by atoms with Crippen LogP contribution >= 0.6 is 0 Å². The first-order valence-corrected chi connectivity index (χ1v) is 11.5. The van der Waals surface area contributed by atoms with Crippen molar-refractivity contribution in [1.29, 1.82) is 0 Å². The number of likely N-dealkylation sites (tertiary alicyclic amines) is 1. The van der Waals surface area contributed by atoms with E-state index >= 15 is 0 Å². The second-order valence-corrected chi connectivity index (χ2v) is 9.23. The number of aromatic amines is 1. The number of hydrogen-bond donors (Lipinski definition) is 2. The molecule has 0 spiro atoms. The Morgan fingerprint density at radius 3 is 2.80 bits per heavy atom. The molecule has 6 nitrogen and oxygen atoms in total. The Balaban J connectivity index is 1.48. The van der Waals surface area contributed by atoms with Crippen LogP contribution in [-0.2, 0) is 6.42 Å². The minimum Gasteiger partial charge on any atom is -0.352 e. The molecule has 5 rings (SSSR count). The van der Waals surface area contributed by atoms with E-state index in [0.717, 1.165) is 62.4 Å². The number of piperidine rings is 1. The van der Waals surface area contributed by atoms with E-state index in [1.54, 1.807) is 0 Å². The van der Waals surface area contributed by atoms with Gasteiger partial charge in [-0.15, -0.1) is 0 Å². The normalized spacial score (nSPS) is 25.7. The number of urea groups is 1. The molecule has 3 atom stereocenters. The van der Waals surface area contributed by atoms with Crippen LogP contribution in [0.5, 0.6) is 0 Å². The lowest BCUT2D eigenvalue weighted by atomic mass is 9.73. The third-order valence-corrected chi connectivity index (χ3v) is 7.42. The van der Waals surface area contributed by atoms with Crippen molar-refractivity contribution in [2.24, 2.45) is 5.92 Å².